The zero-order valence-corrected chi connectivity index (χ0v) is 36.0. The molecule has 324 valence electrons. The van der Waals surface area contributed by atoms with Gasteiger partial charge < -0.3 is 25.7 Å². The molecular weight excluding hydrogens is 823 g/mol. The van der Waals surface area contributed by atoms with E-state index < -0.39 is 0 Å². The molecule has 66 heavy (non-hydrogen) atoms. The molecule has 10 heteroatoms. The third kappa shape index (κ3) is 12.9. The summed E-state index contributed by atoms with van der Waals surface area (Å²) in [6.45, 7) is 0. The monoisotopic (exact) mass is 868 g/mol. The second kappa shape index (κ2) is 22.8. The van der Waals surface area contributed by atoms with Crippen molar-refractivity contribution in [3.05, 3.63) is 240 Å². The molecule has 10 nitrogen and oxygen atoms in total. The van der Waals surface area contributed by atoms with Crippen LogP contribution in [0.3, 0.4) is 0 Å². The number of ether oxygens (including phenoxy) is 1. The molecule has 0 aliphatic carbocycles. The molecule has 0 aliphatic rings. The molecular formula is C56H46N5O5+. The number of benzene rings is 8. The number of urea groups is 1. The second-order valence-corrected chi connectivity index (χ2v) is 14.7. The van der Waals surface area contributed by atoms with Crippen molar-refractivity contribution in [2.24, 2.45) is 0 Å². The summed E-state index contributed by atoms with van der Waals surface area (Å²) in [4.78, 5) is 50.2. The van der Waals surface area contributed by atoms with Crippen molar-refractivity contribution in [2.45, 2.75) is 0 Å². The lowest BCUT2D eigenvalue weighted by molar-refractivity contribution is -0.379. The van der Waals surface area contributed by atoms with Gasteiger partial charge in [0.1, 0.15) is 5.75 Å². The molecule has 0 spiro atoms. The molecule has 0 atom stereocenters. The Kier molecular flexibility index (Phi) is 15.5. The quantitative estimate of drug-likeness (QED) is 0.0650. The van der Waals surface area contributed by atoms with Crippen LogP contribution in [0, 0.1) is 4.91 Å². The van der Waals surface area contributed by atoms with Gasteiger partial charge in [0.15, 0.2) is 5.78 Å². The Bertz CT molecular complexity index is 3130. The van der Waals surface area contributed by atoms with Gasteiger partial charge in [0, 0.05) is 61.8 Å². The van der Waals surface area contributed by atoms with Crippen LogP contribution in [-0.2, 0) is 4.79 Å². The number of aromatic nitrogens is 1. The van der Waals surface area contributed by atoms with E-state index >= 15 is 0 Å². The molecule has 0 saturated carbocycles. The summed E-state index contributed by atoms with van der Waals surface area (Å²) in [5.74, 6) is 0.354. The Balaban J connectivity index is 0.000000151. The molecule has 0 aliphatic heterocycles. The van der Waals surface area contributed by atoms with Gasteiger partial charge in [-0.15, -0.1) is 0 Å². The van der Waals surface area contributed by atoms with E-state index in [0.29, 0.717) is 28.4 Å². The van der Waals surface area contributed by atoms with E-state index in [1.54, 1.807) is 49.6 Å². The van der Waals surface area contributed by atoms with Gasteiger partial charge in [0.2, 0.25) is 5.91 Å². The number of anilines is 3. The molecule has 0 unspecified atom stereocenters. The first-order valence-electron chi connectivity index (χ1n) is 21.0. The molecule has 9 aromatic rings. The summed E-state index contributed by atoms with van der Waals surface area (Å²) in [5.41, 5.74) is 8.29. The number of nitrogens with one attached hydrogen (secondary N) is 5. The maximum atomic E-state index is 12.1. The van der Waals surface area contributed by atoms with E-state index in [9.17, 15) is 19.3 Å². The van der Waals surface area contributed by atoms with E-state index in [0.717, 1.165) is 49.7 Å². The van der Waals surface area contributed by atoms with Crippen molar-refractivity contribution in [3.8, 4) is 17.0 Å². The Labute approximate surface area is 382 Å². The van der Waals surface area contributed by atoms with Crippen LogP contribution >= 0.6 is 0 Å². The number of nitroso groups, excluding NO2 is 1. The highest BCUT2D eigenvalue weighted by Crippen LogP contribution is 2.26. The van der Waals surface area contributed by atoms with Crippen LogP contribution in [0.2, 0.25) is 0 Å². The minimum Gasteiger partial charge on any atom is -0.495 e. The van der Waals surface area contributed by atoms with Gasteiger partial charge >= 0.3 is 6.03 Å². The van der Waals surface area contributed by atoms with Crippen molar-refractivity contribution in [1.82, 2.24) is 4.98 Å². The predicted molar refractivity (Wildman–Crippen MR) is 268 cm³/mol. The van der Waals surface area contributed by atoms with Crippen molar-refractivity contribution < 1.29 is 24.3 Å². The summed E-state index contributed by atoms with van der Waals surface area (Å²) in [6, 6.07) is 64.5. The van der Waals surface area contributed by atoms with Crippen molar-refractivity contribution in [3.63, 3.8) is 0 Å². The fraction of sp³-hybridized carbons (Fsp3) is 0.0179. The van der Waals surface area contributed by atoms with Crippen LogP contribution in [-0.4, -0.2) is 29.8 Å². The Morgan fingerprint density at radius 1 is 0.530 bits per heavy atom. The zero-order valence-electron chi connectivity index (χ0n) is 36.0. The minimum absolute atomic E-state index is 0.0594. The first-order chi connectivity index (χ1) is 32.3. The van der Waals surface area contributed by atoms with Gasteiger partial charge in [-0.25, -0.2) is 4.79 Å². The number of carbonyl (C=O) groups excluding carboxylic acids is 3. The Morgan fingerprint density at radius 2 is 1.18 bits per heavy atom. The smallest absolute Gasteiger partial charge is 0.323 e. The van der Waals surface area contributed by atoms with E-state index in [2.05, 4.69) is 33.1 Å². The number of rotatable bonds is 11. The van der Waals surface area contributed by atoms with Gasteiger partial charge in [0.05, 0.1) is 12.8 Å². The van der Waals surface area contributed by atoms with E-state index in [1.807, 2.05) is 169 Å². The average molecular weight is 869 g/mol. The lowest BCUT2D eigenvalue weighted by atomic mass is 10.1. The SMILES string of the molecule is COc1ccccc1NC(=O)Nc1ccc2ccccc2c1.O=C(/C=C/c1ccccc1)Nc1cccc(/C=C/C(=O)c2ccccc2)c1.O=[NH+]c1ccc2[nH]c(-c3ccccc3)cc2c1. The highest BCUT2D eigenvalue weighted by molar-refractivity contribution is 6.07. The summed E-state index contributed by atoms with van der Waals surface area (Å²) in [5, 5.41) is 13.6. The number of methoxy groups -OCH3 is 1. The topological polar surface area (TPSA) is 143 Å². The normalized spacial score (nSPS) is 10.6. The molecule has 1 aromatic heterocycles. The first-order valence-corrected chi connectivity index (χ1v) is 21.0. The fourth-order valence-electron chi connectivity index (χ4n) is 6.78. The van der Waals surface area contributed by atoms with Crippen molar-refractivity contribution in [2.75, 3.05) is 23.1 Å². The second-order valence-electron chi connectivity index (χ2n) is 14.7. The number of para-hydroxylation sites is 2. The molecule has 0 radical (unpaired) electrons. The van der Waals surface area contributed by atoms with Crippen LogP contribution in [0.4, 0.5) is 27.5 Å². The Morgan fingerprint density at radius 3 is 1.94 bits per heavy atom. The van der Waals surface area contributed by atoms with E-state index in [-0.39, 0.29) is 17.7 Å². The zero-order chi connectivity index (χ0) is 45.9. The van der Waals surface area contributed by atoms with Crippen LogP contribution < -0.4 is 25.9 Å². The number of hydrogen-bond donors (Lipinski definition) is 5. The predicted octanol–water partition coefficient (Wildman–Crippen LogP) is 12.0. The molecule has 1 heterocycles. The van der Waals surface area contributed by atoms with Gasteiger partial charge in [-0.2, -0.15) is 0 Å². The van der Waals surface area contributed by atoms with Crippen LogP contribution in [0.25, 0.3) is 45.1 Å². The van der Waals surface area contributed by atoms with E-state index in [1.165, 1.54) is 12.2 Å². The molecule has 9 rings (SSSR count). The molecule has 5 N–H and O–H groups in total. The number of hydrogen-bond acceptors (Lipinski definition) is 5. The molecule has 0 saturated heterocycles. The summed E-state index contributed by atoms with van der Waals surface area (Å²) in [6.07, 6.45) is 6.53. The molecule has 3 amide bonds. The lowest BCUT2D eigenvalue weighted by Crippen LogP contribution is -2.55. The van der Waals surface area contributed by atoms with Crippen LogP contribution in [0.15, 0.2) is 218 Å². The average Bonchev–Trinajstić information content (AvgIpc) is 3.80. The van der Waals surface area contributed by atoms with E-state index in [4.69, 9.17) is 4.74 Å². The lowest BCUT2D eigenvalue weighted by Gasteiger charge is -2.11. The maximum Gasteiger partial charge on any atom is 0.323 e. The fourth-order valence-corrected chi connectivity index (χ4v) is 6.78. The number of fused-ring (bicyclic) bond motifs is 2. The molecule has 8 aromatic carbocycles. The number of H-pyrrole nitrogens is 1. The number of carbonyl (C=O) groups is 3. The van der Waals surface area contributed by atoms with Gasteiger partial charge in [-0.1, -0.05) is 152 Å². The number of amides is 3. The summed E-state index contributed by atoms with van der Waals surface area (Å²) < 4.78 is 5.21. The standard InChI is InChI=1S/C24H19NO2.C18H16N2O2.C14H10N2O/c26-23(21-11-5-2-6-12-21)16-14-20-10-7-13-22(18-20)25-24(27)17-15-19-8-3-1-4-9-19;1-22-17-9-5-4-8-16(17)20-18(21)19-15-11-10-13-6-2-3-7-14(13)12-15;17-16-12-6-7-13-11(8-12)9-14(15-13)10-4-2-1-3-5-10/h1-18H,(H,25,27);2-12H,1H3,(H2,19,20,21);1-9,15H/p+1/b16-14+,17-15+;;. The molecule has 0 bridgehead atoms. The van der Waals surface area contributed by atoms with Crippen LogP contribution in [0.1, 0.15) is 21.5 Å². The highest BCUT2D eigenvalue weighted by Gasteiger charge is 2.09. The third-order valence-corrected chi connectivity index (χ3v) is 10.1. The van der Waals surface area contributed by atoms with Crippen molar-refractivity contribution >= 4 is 74.3 Å². The number of ketones is 1. The summed E-state index contributed by atoms with van der Waals surface area (Å²) in [7, 11) is 1.57. The first kappa shape index (κ1) is 44.9. The Hall–Kier alpha value is -9.15. The number of aromatic amines is 1. The third-order valence-electron chi connectivity index (χ3n) is 10.1. The largest absolute Gasteiger partial charge is 0.495 e. The maximum absolute atomic E-state index is 12.1. The molecule has 0 fully saturated rings. The van der Waals surface area contributed by atoms with Crippen LogP contribution in [0.5, 0.6) is 5.75 Å². The van der Waals surface area contributed by atoms with Gasteiger partial charge in [-0.3, -0.25) is 9.59 Å². The highest BCUT2D eigenvalue weighted by atomic mass is 16.5. The number of allylic oxidation sites excluding steroid dienone is 1. The van der Waals surface area contributed by atoms with Crippen molar-refractivity contribution in [1.29, 1.82) is 0 Å². The summed E-state index contributed by atoms with van der Waals surface area (Å²) >= 11 is 0. The minimum atomic E-state index is -0.306. The van der Waals surface area contributed by atoms with Gasteiger partial charge in [-0.05, 0) is 88.1 Å². The van der Waals surface area contributed by atoms with Gasteiger partial charge in [0.25, 0.3) is 5.69 Å².